The lowest BCUT2D eigenvalue weighted by Crippen LogP contribution is -2.40. The average molecular weight is 422 g/mol. The summed E-state index contributed by atoms with van der Waals surface area (Å²) in [5.74, 6) is 0.476. The SMILES string of the molecule is CC(c1ccccc1C#N)n1c(N[C@@H]2CCCCC[C@@H]2N)nc2c1c(=O)[nH]c(=O)n2C. The summed E-state index contributed by atoms with van der Waals surface area (Å²) in [6.07, 6.45) is 5.13. The first-order valence-corrected chi connectivity index (χ1v) is 10.6. The van der Waals surface area contributed by atoms with Crippen molar-refractivity contribution in [1.82, 2.24) is 19.1 Å². The highest BCUT2D eigenvalue weighted by Gasteiger charge is 2.27. The summed E-state index contributed by atoms with van der Waals surface area (Å²) in [5.41, 5.74) is 7.26. The molecule has 1 aliphatic rings. The van der Waals surface area contributed by atoms with Gasteiger partial charge in [-0.3, -0.25) is 18.9 Å². The minimum Gasteiger partial charge on any atom is -0.351 e. The molecule has 9 heteroatoms. The standard InChI is InChI=1S/C22H27N7O2/c1-13(15-9-7-6-8-14(15)12-23)29-18-19(28(2)22(31)27-20(18)30)26-21(29)25-17-11-5-3-4-10-16(17)24/h6-9,13,16-17H,3-5,10-11,24H2,1-2H3,(H,25,26)(H,27,30,31)/t13?,16-,17+/m0/s1. The van der Waals surface area contributed by atoms with E-state index in [1.54, 1.807) is 23.7 Å². The van der Waals surface area contributed by atoms with Crippen molar-refractivity contribution in [3.8, 4) is 6.07 Å². The molecule has 0 aliphatic heterocycles. The van der Waals surface area contributed by atoms with Crippen molar-refractivity contribution >= 4 is 17.1 Å². The zero-order chi connectivity index (χ0) is 22.1. The summed E-state index contributed by atoms with van der Waals surface area (Å²) >= 11 is 0. The van der Waals surface area contributed by atoms with Gasteiger partial charge in [0, 0.05) is 19.1 Å². The molecule has 162 valence electrons. The third kappa shape index (κ3) is 3.75. The molecule has 0 spiro atoms. The molecule has 1 aromatic carbocycles. The molecule has 1 saturated carbocycles. The highest BCUT2D eigenvalue weighted by atomic mass is 16.2. The van der Waals surface area contributed by atoms with Crippen molar-refractivity contribution in [2.45, 2.75) is 57.2 Å². The van der Waals surface area contributed by atoms with E-state index in [9.17, 15) is 14.9 Å². The van der Waals surface area contributed by atoms with E-state index in [1.807, 2.05) is 19.1 Å². The zero-order valence-corrected chi connectivity index (χ0v) is 17.8. The van der Waals surface area contributed by atoms with Crippen LogP contribution in [0.3, 0.4) is 0 Å². The fraction of sp³-hybridized carbons (Fsp3) is 0.455. The summed E-state index contributed by atoms with van der Waals surface area (Å²) in [7, 11) is 1.58. The Labute approximate surface area is 179 Å². The van der Waals surface area contributed by atoms with Gasteiger partial charge in [0.25, 0.3) is 5.56 Å². The molecule has 9 nitrogen and oxygen atoms in total. The fourth-order valence-electron chi connectivity index (χ4n) is 4.46. The number of fused-ring (bicyclic) bond motifs is 1. The number of nitriles is 1. The van der Waals surface area contributed by atoms with Gasteiger partial charge >= 0.3 is 5.69 Å². The van der Waals surface area contributed by atoms with Crippen molar-refractivity contribution in [3.05, 3.63) is 56.2 Å². The lowest BCUT2D eigenvalue weighted by molar-refractivity contribution is 0.519. The number of rotatable bonds is 4. The molecule has 1 fully saturated rings. The highest BCUT2D eigenvalue weighted by molar-refractivity contribution is 5.75. The number of imidazole rings is 1. The maximum Gasteiger partial charge on any atom is 0.329 e. The number of nitrogens with two attached hydrogens (primary N) is 1. The number of nitrogens with zero attached hydrogens (tertiary/aromatic N) is 4. The smallest absolute Gasteiger partial charge is 0.329 e. The highest BCUT2D eigenvalue weighted by Crippen LogP contribution is 2.30. The summed E-state index contributed by atoms with van der Waals surface area (Å²) in [4.78, 5) is 32.0. The lowest BCUT2D eigenvalue weighted by atomic mass is 10.0. The third-order valence-corrected chi connectivity index (χ3v) is 6.25. The van der Waals surface area contributed by atoms with E-state index >= 15 is 0 Å². The van der Waals surface area contributed by atoms with Crippen LogP contribution in [-0.4, -0.2) is 31.2 Å². The predicted octanol–water partition coefficient (Wildman–Crippen LogP) is 1.98. The monoisotopic (exact) mass is 421 g/mol. The Morgan fingerprint density at radius 3 is 2.77 bits per heavy atom. The van der Waals surface area contributed by atoms with Gasteiger partial charge < -0.3 is 11.1 Å². The second-order valence-electron chi connectivity index (χ2n) is 8.22. The molecule has 4 rings (SSSR count). The molecular weight excluding hydrogens is 394 g/mol. The Morgan fingerprint density at radius 1 is 1.26 bits per heavy atom. The molecule has 0 bridgehead atoms. The molecule has 2 heterocycles. The van der Waals surface area contributed by atoms with Crippen LogP contribution in [0.25, 0.3) is 11.2 Å². The molecule has 2 aromatic heterocycles. The fourth-order valence-corrected chi connectivity index (χ4v) is 4.46. The van der Waals surface area contributed by atoms with Crippen molar-refractivity contribution in [1.29, 1.82) is 5.26 Å². The van der Waals surface area contributed by atoms with Gasteiger partial charge in [-0.1, -0.05) is 37.5 Å². The van der Waals surface area contributed by atoms with Crippen LogP contribution in [-0.2, 0) is 7.05 Å². The van der Waals surface area contributed by atoms with Crippen LogP contribution in [0.4, 0.5) is 5.95 Å². The number of aromatic nitrogens is 4. The number of hydrogen-bond donors (Lipinski definition) is 3. The van der Waals surface area contributed by atoms with Crippen LogP contribution in [0.1, 0.15) is 56.2 Å². The average Bonchev–Trinajstić information content (AvgIpc) is 3.03. The molecule has 1 aliphatic carbocycles. The van der Waals surface area contributed by atoms with E-state index in [-0.39, 0.29) is 23.6 Å². The summed E-state index contributed by atoms with van der Waals surface area (Å²) in [6, 6.07) is 9.11. The normalized spacial score (nSPS) is 20.2. The van der Waals surface area contributed by atoms with Crippen LogP contribution >= 0.6 is 0 Å². The quantitative estimate of drug-likeness (QED) is 0.551. The van der Waals surface area contributed by atoms with Crippen LogP contribution in [0, 0.1) is 11.3 Å². The Morgan fingerprint density at radius 2 is 2.00 bits per heavy atom. The van der Waals surface area contributed by atoms with Crippen molar-refractivity contribution < 1.29 is 0 Å². The molecule has 3 atom stereocenters. The summed E-state index contributed by atoms with van der Waals surface area (Å²) in [5, 5.41) is 13.1. The van der Waals surface area contributed by atoms with Gasteiger partial charge in [-0.05, 0) is 31.4 Å². The molecule has 0 radical (unpaired) electrons. The van der Waals surface area contributed by atoms with Crippen LogP contribution < -0.4 is 22.3 Å². The van der Waals surface area contributed by atoms with Crippen LogP contribution in [0.5, 0.6) is 0 Å². The Kier molecular flexibility index (Phi) is 5.65. The minimum atomic E-state index is -0.523. The number of aromatic amines is 1. The van der Waals surface area contributed by atoms with Gasteiger partial charge in [0.1, 0.15) is 0 Å². The maximum absolute atomic E-state index is 12.8. The Bertz CT molecular complexity index is 1260. The van der Waals surface area contributed by atoms with Gasteiger partial charge in [-0.2, -0.15) is 10.2 Å². The second-order valence-corrected chi connectivity index (χ2v) is 8.22. The Hall–Kier alpha value is -3.38. The number of H-pyrrole nitrogens is 1. The minimum absolute atomic E-state index is 0.00702. The first kappa shape index (κ1) is 20.9. The lowest BCUT2D eigenvalue weighted by Gasteiger charge is -2.25. The summed E-state index contributed by atoms with van der Waals surface area (Å²) < 4.78 is 3.11. The molecular formula is C22H27N7O2. The van der Waals surface area contributed by atoms with Gasteiger partial charge in [-0.15, -0.1) is 0 Å². The first-order chi connectivity index (χ1) is 14.9. The van der Waals surface area contributed by atoms with E-state index in [4.69, 9.17) is 5.73 Å². The summed E-state index contributed by atoms with van der Waals surface area (Å²) in [6.45, 7) is 1.92. The maximum atomic E-state index is 12.8. The second kappa shape index (κ2) is 8.40. The van der Waals surface area contributed by atoms with E-state index in [2.05, 4.69) is 21.4 Å². The van der Waals surface area contributed by atoms with Crippen molar-refractivity contribution in [2.24, 2.45) is 12.8 Å². The van der Waals surface area contributed by atoms with E-state index in [0.29, 0.717) is 17.2 Å². The Balaban J connectivity index is 1.92. The van der Waals surface area contributed by atoms with E-state index in [1.165, 1.54) is 4.57 Å². The van der Waals surface area contributed by atoms with E-state index < -0.39 is 11.2 Å². The number of hydrogen-bond acceptors (Lipinski definition) is 6. The van der Waals surface area contributed by atoms with Crippen molar-refractivity contribution in [3.63, 3.8) is 0 Å². The topological polar surface area (TPSA) is 135 Å². The molecule has 0 amide bonds. The molecule has 4 N–H and O–H groups in total. The van der Waals surface area contributed by atoms with E-state index in [0.717, 1.165) is 37.7 Å². The molecule has 1 unspecified atom stereocenters. The number of anilines is 1. The number of benzene rings is 1. The molecule has 3 aromatic rings. The first-order valence-electron chi connectivity index (χ1n) is 10.6. The van der Waals surface area contributed by atoms with Gasteiger partial charge in [0.2, 0.25) is 5.95 Å². The van der Waals surface area contributed by atoms with Gasteiger partial charge in [0.15, 0.2) is 11.2 Å². The van der Waals surface area contributed by atoms with Gasteiger partial charge in [0.05, 0.1) is 17.7 Å². The largest absolute Gasteiger partial charge is 0.351 e. The molecule has 31 heavy (non-hydrogen) atoms. The number of nitrogens with one attached hydrogen (secondary N) is 2. The van der Waals surface area contributed by atoms with Crippen LogP contribution in [0.2, 0.25) is 0 Å². The molecule has 0 saturated heterocycles. The predicted molar refractivity (Wildman–Crippen MR) is 119 cm³/mol. The van der Waals surface area contributed by atoms with Crippen LogP contribution in [0.15, 0.2) is 33.9 Å². The zero-order valence-electron chi connectivity index (χ0n) is 17.8. The van der Waals surface area contributed by atoms with Crippen molar-refractivity contribution in [2.75, 3.05) is 5.32 Å². The van der Waals surface area contributed by atoms with Gasteiger partial charge in [-0.25, -0.2) is 4.79 Å². The number of aryl methyl sites for hydroxylation is 1. The third-order valence-electron chi connectivity index (χ3n) is 6.25.